The summed E-state index contributed by atoms with van der Waals surface area (Å²) in [5, 5.41) is 3.07. The van der Waals surface area contributed by atoms with Crippen LogP contribution < -0.4 is 10.1 Å². The topological polar surface area (TPSA) is 50.8 Å². The van der Waals surface area contributed by atoms with E-state index in [0.717, 1.165) is 43.7 Å². The monoisotopic (exact) mass is 402 g/mol. The summed E-state index contributed by atoms with van der Waals surface area (Å²) in [5.41, 5.74) is 0.122. The van der Waals surface area contributed by atoms with Crippen molar-refractivity contribution in [2.45, 2.75) is 70.8 Å². The second kappa shape index (κ2) is 11.0. The number of likely N-dealkylation sites (tertiary alicyclic amines) is 1. The van der Waals surface area contributed by atoms with Gasteiger partial charge in [0, 0.05) is 18.8 Å². The molecule has 1 saturated heterocycles. The number of nitrogens with zero attached hydrogens (tertiary/aromatic N) is 1. The van der Waals surface area contributed by atoms with Crippen molar-refractivity contribution in [2.75, 3.05) is 38.2 Å². The quantitative estimate of drug-likeness (QED) is 0.674. The van der Waals surface area contributed by atoms with E-state index < -0.39 is 5.60 Å². The molecular formula is C24H38N2O3. The van der Waals surface area contributed by atoms with Crippen LogP contribution in [-0.4, -0.2) is 49.3 Å². The fourth-order valence-electron chi connectivity index (χ4n) is 4.47. The van der Waals surface area contributed by atoms with Crippen molar-refractivity contribution < 1.29 is 14.3 Å². The lowest BCUT2D eigenvalue weighted by molar-refractivity contribution is -0.146. The maximum absolute atomic E-state index is 13.0. The van der Waals surface area contributed by atoms with Crippen LogP contribution in [0.25, 0.3) is 0 Å². The molecule has 0 unspecified atom stereocenters. The van der Waals surface area contributed by atoms with Crippen LogP contribution in [0.15, 0.2) is 24.3 Å². The lowest BCUT2D eigenvalue weighted by atomic mass is 9.78. The van der Waals surface area contributed by atoms with E-state index in [1.807, 2.05) is 31.2 Å². The van der Waals surface area contributed by atoms with Gasteiger partial charge in [0.1, 0.15) is 18.0 Å². The van der Waals surface area contributed by atoms with E-state index in [1.165, 1.54) is 38.8 Å². The van der Waals surface area contributed by atoms with Crippen LogP contribution in [0.5, 0.6) is 5.75 Å². The summed E-state index contributed by atoms with van der Waals surface area (Å²) in [6.07, 6.45) is 8.99. The van der Waals surface area contributed by atoms with Gasteiger partial charge in [-0.2, -0.15) is 0 Å². The number of ether oxygens (including phenoxy) is 2. The first-order valence-corrected chi connectivity index (χ1v) is 11.5. The molecule has 2 fully saturated rings. The summed E-state index contributed by atoms with van der Waals surface area (Å²) >= 11 is 0. The van der Waals surface area contributed by atoms with Crippen LogP contribution in [0.4, 0.5) is 5.69 Å². The molecule has 0 aromatic heterocycles. The molecule has 1 N–H and O–H groups in total. The van der Waals surface area contributed by atoms with E-state index in [1.54, 1.807) is 0 Å². The van der Waals surface area contributed by atoms with Gasteiger partial charge in [0.15, 0.2) is 0 Å². The highest BCUT2D eigenvalue weighted by Gasteiger charge is 2.41. The van der Waals surface area contributed by atoms with E-state index >= 15 is 0 Å². The molecule has 0 spiro atoms. The number of rotatable bonds is 8. The van der Waals surface area contributed by atoms with Gasteiger partial charge in [-0.3, -0.25) is 9.69 Å². The molecule has 1 aromatic carbocycles. The van der Waals surface area contributed by atoms with Crippen molar-refractivity contribution in [1.82, 2.24) is 4.90 Å². The molecule has 29 heavy (non-hydrogen) atoms. The molecule has 1 amide bonds. The van der Waals surface area contributed by atoms with Crippen molar-refractivity contribution in [2.24, 2.45) is 5.92 Å². The molecule has 0 atom stereocenters. The van der Waals surface area contributed by atoms with E-state index in [2.05, 4.69) is 17.1 Å². The molecular weight excluding hydrogens is 364 g/mol. The Morgan fingerprint density at radius 2 is 1.76 bits per heavy atom. The van der Waals surface area contributed by atoms with Crippen LogP contribution >= 0.6 is 0 Å². The zero-order valence-corrected chi connectivity index (χ0v) is 18.3. The summed E-state index contributed by atoms with van der Waals surface area (Å²) < 4.78 is 11.9. The molecule has 1 aromatic rings. The summed E-state index contributed by atoms with van der Waals surface area (Å²) in [6.45, 7) is 8.84. The average Bonchev–Trinajstić information content (AvgIpc) is 3.00. The summed E-state index contributed by atoms with van der Waals surface area (Å²) in [7, 11) is 0. The molecule has 5 nitrogen and oxygen atoms in total. The summed E-state index contributed by atoms with van der Waals surface area (Å²) in [6, 6.07) is 7.72. The van der Waals surface area contributed by atoms with Gasteiger partial charge in [0.25, 0.3) is 5.91 Å². The highest BCUT2D eigenvalue weighted by Crippen LogP contribution is 2.36. The van der Waals surface area contributed by atoms with Gasteiger partial charge in [-0.25, -0.2) is 0 Å². The van der Waals surface area contributed by atoms with Gasteiger partial charge >= 0.3 is 0 Å². The predicted octanol–water partition coefficient (Wildman–Crippen LogP) is 4.87. The normalized spacial score (nSPS) is 25.9. The van der Waals surface area contributed by atoms with Crippen molar-refractivity contribution in [3.8, 4) is 5.75 Å². The first-order valence-electron chi connectivity index (χ1n) is 11.5. The van der Waals surface area contributed by atoms with Crippen LogP contribution in [0.2, 0.25) is 0 Å². The molecule has 5 heteroatoms. The molecule has 162 valence electrons. The van der Waals surface area contributed by atoms with Crippen molar-refractivity contribution in [1.29, 1.82) is 0 Å². The molecule has 3 rings (SSSR count). The van der Waals surface area contributed by atoms with Crippen molar-refractivity contribution in [3.63, 3.8) is 0 Å². The third-order valence-corrected chi connectivity index (χ3v) is 6.40. The van der Waals surface area contributed by atoms with Gasteiger partial charge < -0.3 is 14.8 Å². The lowest BCUT2D eigenvalue weighted by Crippen LogP contribution is -2.48. The maximum Gasteiger partial charge on any atom is 0.256 e. The maximum atomic E-state index is 13.0. The van der Waals surface area contributed by atoms with Gasteiger partial charge in [-0.05, 0) is 88.7 Å². The third-order valence-electron chi connectivity index (χ3n) is 6.40. The van der Waals surface area contributed by atoms with E-state index in [-0.39, 0.29) is 5.91 Å². The Morgan fingerprint density at radius 1 is 1.10 bits per heavy atom. The van der Waals surface area contributed by atoms with E-state index in [9.17, 15) is 4.79 Å². The Kier molecular flexibility index (Phi) is 8.37. The van der Waals surface area contributed by atoms with Gasteiger partial charge in [0.2, 0.25) is 0 Å². The molecule has 1 aliphatic heterocycles. The second-order valence-corrected chi connectivity index (χ2v) is 8.69. The molecule has 0 radical (unpaired) electrons. The van der Waals surface area contributed by atoms with Crippen LogP contribution in [0.1, 0.15) is 65.2 Å². The first kappa shape index (κ1) is 22.1. The standard InChI is InChI=1S/C24H38N2O3/c1-3-29-24(14-12-20(2)13-15-24)23(27)25-21-8-10-22(11-9-21)28-19-18-26-16-6-4-5-7-17-26/h8-11,20H,3-7,12-19H2,1-2H3,(H,25,27). The zero-order valence-electron chi connectivity index (χ0n) is 18.3. The average molecular weight is 403 g/mol. The number of hydrogen-bond acceptors (Lipinski definition) is 4. The number of carbonyl (C=O) groups excluding carboxylic acids is 1. The van der Waals surface area contributed by atoms with E-state index in [0.29, 0.717) is 19.1 Å². The number of anilines is 1. The molecule has 2 aliphatic rings. The number of amides is 1. The lowest BCUT2D eigenvalue weighted by Gasteiger charge is -2.37. The summed E-state index contributed by atoms with van der Waals surface area (Å²) in [4.78, 5) is 15.5. The fourth-order valence-corrected chi connectivity index (χ4v) is 4.47. The van der Waals surface area contributed by atoms with E-state index in [4.69, 9.17) is 9.47 Å². The number of benzene rings is 1. The van der Waals surface area contributed by atoms with Crippen molar-refractivity contribution >= 4 is 11.6 Å². The number of nitrogens with one attached hydrogen (secondary N) is 1. The molecule has 1 aliphatic carbocycles. The third kappa shape index (κ3) is 6.45. The Morgan fingerprint density at radius 3 is 2.38 bits per heavy atom. The highest BCUT2D eigenvalue weighted by atomic mass is 16.5. The summed E-state index contributed by atoms with van der Waals surface area (Å²) in [5.74, 6) is 1.51. The molecule has 1 saturated carbocycles. The molecule has 1 heterocycles. The van der Waals surface area contributed by atoms with Crippen LogP contribution in [0, 0.1) is 5.92 Å². The smallest absolute Gasteiger partial charge is 0.256 e. The molecule has 0 bridgehead atoms. The van der Waals surface area contributed by atoms with Gasteiger partial charge in [-0.1, -0.05) is 19.8 Å². The van der Waals surface area contributed by atoms with Crippen LogP contribution in [-0.2, 0) is 9.53 Å². The fraction of sp³-hybridized carbons (Fsp3) is 0.708. The van der Waals surface area contributed by atoms with Gasteiger partial charge in [-0.15, -0.1) is 0 Å². The minimum Gasteiger partial charge on any atom is -0.492 e. The highest BCUT2D eigenvalue weighted by molar-refractivity contribution is 5.97. The number of carbonyl (C=O) groups is 1. The predicted molar refractivity (Wildman–Crippen MR) is 117 cm³/mol. The Bertz CT molecular complexity index is 616. The zero-order chi connectivity index (χ0) is 20.5. The Labute approximate surface area is 176 Å². The van der Waals surface area contributed by atoms with Crippen LogP contribution in [0.3, 0.4) is 0 Å². The van der Waals surface area contributed by atoms with Crippen molar-refractivity contribution in [3.05, 3.63) is 24.3 Å². The SMILES string of the molecule is CCOC1(C(=O)Nc2ccc(OCCN3CCCCCC3)cc2)CCC(C)CC1. The number of hydrogen-bond donors (Lipinski definition) is 1. The Balaban J connectivity index is 1.48. The van der Waals surface area contributed by atoms with Gasteiger partial charge in [0.05, 0.1) is 0 Å². The largest absolute Gasteiger partial charge is 0.492 e. The minimum atomic E-state index is -0.677. The first-order chi connectivity index (χ1) is 14.1. The minimum absolute atomic E-state index is 0.0129. The Hall–Kier alpha value is -1.59. The second-order valence-electron chi connectivity index (χ2n) is 8.69.